The predicted molar refractivity (Wildman–Crippen MR) is 51.1 cm³/mol. The number of carbonyl (C=O) groups excluding carboxylic acids is 1. The largest absolute Gasteiger partial charge is 0.299 e. The van der Waals surface area contributed by atoms with Gasteiger partial charge in [0.1, 0.15) is 17.4 Å². The topological polar surface area (TPSA) is 17.1 Å². The second-order valence-corrected chi connectivity index (χ2v) is 4.18. The average Bonchev–Trinajstić information content (AvgIpc) is 2.14. The highest BCUT2D eigenvalue weighted by molar-refractivity contribution is 9.10. The molecule has 0 heterocycles. The molecule has 0 bridgehead atoms. The van der Waals surface area contributed by atoms with Crippen molar-refractivity contribution in [3.05, 3.63) is 33.3 Å². The van der Waals surface area contributed by atoms with Crippen LogP contribution in [0.2, 0.25) is 0 Å². The molecule has 1 aromatic carbocycles. The number of halogens is 3. The fraction of sp³-hybridized carbons (Fsp3) is 0.300. The van der Waals surface area contributed by atoms with Gasteiger partial charge in [-0.3, -0.25) is 4.79 Å². The minimum atomic E-state index is -0.499. The highest BCUT2D eigenvalue weighted by Gasteiger charge is 2.23. The van der Waals surface area contributed by atoms with Crippen LogP contribution >= 0.6 is 15.9 Å². The van der Waals surface area contributed by atoms with Crippen LogP contribution in [0.15, 0.2) is 10.5 Å². The molecular formula is C10H7BrF2O. The van der Waals surface area contributed by atoms with Crippen molar-refractivity contribution in [2.24, 2.45) is 0 Å². The Morgan fingerprint density at radius 2 is 1.93 bits per heavy atom. The smallest absolute Gasteiger partial charge is 0.141 e. The first-order chi connectivity index (χ1) is 6.59. The summed E-state index contributed by atoms with van der Waals surface area (Å²) in [6, 6.07) is 1.08. The van der Waals surface area contributed by atoms with Crippen LogP contribution in [0.1, 0.15) is 17.5 Å². The van der Waals surface area contributed by atoms with Crippen molar-refractivity contribution in [2.75, 3.05) is 0 Å². The summed E-state index contributed by atoms with van der Waals surface area (Å²) >= 11 is 2.94. The maximum Gasteiger partial charge on any atom is 0.141 e. The summed E-state index contributed by atoms with van der Waals surface area (Å²) in [5.41, 5.74) is 0.568. The monoisotopic (exact) mass is 260 g/mol. The Morgan fingerprint density at radius 1 is 1.21 bits per heavy atom. The Balaban J connectivity index is 2.62. The minimum absolute atomic E-state index is 0.0192. The predicted octanol–water partition coefficient (Wildman–Crippen LogP) is 2.79. The van der Waals surface area contributed by atoms with E-state index in [1.54, 1.807) is 0 Å². The van der Waals surface area contributed by atoms with Crippen LogP contribution < -0.4 is 0 Å². The van der Waals surface area contributed by atoms with Crippen molar-refractivity contribution in [3.63, 3.8) is 0 Å². The first-order valence-corrected chi connectivity index (χ1v) is 5.06. The molecule has 0 aliphatic heterocycles. The molecule has 0 N–H and O–H groups in total. The number of hydrogen-bond acceptors (Lipinski definition) is 1. The fourth-order valence-corrected chi connectivity index (χ4v) is 2.12. The van der Waals surface area contributed by atoms with Crippen molar-refractivity contribution < 1.29 is 13.6 Å². The summed E-state index contributed by atoms with van der Waals surface area (Å²) in [6.45, 7) is 0. The molecule has 0 radical (unpaired) electrons. The Hall–Kier alpha value is -0.770. The number of hydrogen-bond donors (Lipinski definition) is 0. The number of fused-ring (bicyclic) bond motifs is 1. The van der Waals surface area contributed by atoms with Crippen molar-refractivity contribution in [2.45, 2.75) is 19.3 Å². The highest BCUT2D eigenvalue weighted by Crippen LogP contribution is 2.29. The highest BCUT2D eigenvalue weighted by atomic mass is 79.9. The van der Waals surface area contributed by atoms with E-state index in [9.17, 15) is 13.6 Å². The number of Topliss-reactive ketones (excluding diaryl/α,β-unsaturated/α-hetero) is 1. The first kappa shape index (κ1) is 9.77. The van der Waals surface area contributed by atoms with Gasteiger partial charge in [0.05, 0.1) is 4.47 Å². The fourth-order valence-electron chi connectivity index (χ4n) is 1.68. The molecule has 1 aliphatic rings. The molecule has 74 valence electrons. The quantitative estimate of drug-likeness (QED) is 0.656. The van der Waals surface area contributed by atoms with Crippen molar-refractivity contribution in [1.29, 1.82) is 0 Å². The molecule has 2 rings (SSSR count). The maximum absolute atomic E-state index is 13.5. The third-order valence-corrected chi connectivity index (χ3v) is 2.99. The van der Waals surface area contributed by atoms with E-state index in [4.69, 9.17) is 0 Å². The zero-order valence-electron chi connectivity index (χ0n) is 7.24. The molecule has 0 amide bonds. The van der Waals surface area contributed by atoms with Gasteiger partial charge in [0.2, 0.25) is 0 Å². The zero-order valence-corrected chi connectivity index (χ0v) is 8.83. The summed E-state index contributed by atoms with van der Waals surface area (Å²) in [5, 5.41) is 0. The van der Waals surface area contributed by atoms with Gasteiger partial charge in [-0.15, -0.1) is 0 Å². The third kappa shape index (κ3) is 1.47. The molecule has 0 saturated carbocycles. The molecule has 0 atom stereocenters. The maximum atomic E-state index is 13.5. The molecule has 0 saturated heterocycles. The van der Waals surface area contributed by atoms with Crippen molar-refractivity contribution in [3.8, 4) is 0 Å². The summed E-state index contributed by atoms with van der Waals surface area (Å²) in [6.07, 6.45) is 0.627. The van der Waals surface area contributed by atoms with Gasteiger partial charge in [0.25, 0.3) is 0 Å². The van der Waals surface area contributed by atoms with Crippen LogP contribution in [0.3, 0.4) is 0 Å². The number of ketones is 1. The SMILES string of the molecule is O=C1CCc2c(F)c(Br)cc(F)c2C1. The van der Waals surface area contributed by atoms with Gasteiger partial charge in [-0.2, -0.15) is 0 Å². The molecule has 0 spiro atoms. The van der Waals surface area contributed by atoms with E-state index in [0.29, 0.717) is 18.4 Å². The average molecular weight is 261 g/mol. The summed E-state index contributed by atoms with van der Waals surface area (Å²) in [5.74, 6) is -0.964. The first-order valence-electron chi connectivity index (χ1n) is 4.26. The lowest BCUT2D eigenvalue weighted by Crippen LogP contribution is -2.16. The van der Waals surface area contributed by atoms with E-state index in [0.717, 1.165) is 6.07 Å². The van der Waals surface area contributed by atoms with Crippen LogP contribution in [-0.4, -0.2) is 5.78 Å². The number of carbonyl (C=O) groups is 1. The molecule has 4 heteroatoms. The number of rotatable bonds is 0. The second-order valence-electron chi connectivity index (χ2n) is 3.33. The van der Waals surface area contributed by atoms with Crippen LogP contribution in [-0.2, 0) is 17.6 Å². The van der Waals surface area contributed by atoms with Crippen LogP contribution in [0.4, 0.5) is 8.78 Å². The van der Waals surface area contributed by atoms with E-state index >= 15 is 0 Å². The lowest BCUT2D eigenvalue weighted by molar-refractivity contribution is -0.118. The van der Waals surface area contributed by atoms with E-state index in [1.807, 2.05) is 0 Å². The molecule has 0 unspecified atom stereocenters. The van der Waals surface area contributed by atoms with Gasteiger partial charge >= 0.3 is 0 Å². The molecule has 1 aromatic rings. The molecule has 0 aromatic heterocycles. The minimum Gasteiger partial charge on any atom is -0.299 e. The van der Waals surface area contributed by atoms with Gasteiger partial charge in [-0.1, -0.05) is 0 Å². The molecule has 1 nitrogen and oxygen atoms in total. The molecule has 0 fully saturated rings. The van der Waals surface area contributed by atoms with E-state index in [-0.39, 0.29) is 22.2 Å². The molecule has 14 heavy (non-hydrogen) atoms. The normalized spacial score (nSPS) is 15.5. The van der Waals surface area contributed by atoms with Crippen LogP contribution in [0.5, 0.6) is 0 Å². The summed E-state index contributed by atoms with van der Waals surface area (Å²) in [7, 11) is 0. The van der Waals surface area contributed by atoms with E-state index < -0.39 is 11.6 Å². The standard InChI is InChI=1S/C10H7BrF2O/c11-8-4-9(12)7-3-5(14)1-2-6(7)10(8)13/h4H,1-3H2. The third-order valence-electron chi connectivity index (χ3n) is 2.41. The number of benzene rings is 1. The Bertz CT molecular complexity index is 415. The van der Waals surface area contributed by atoms with E-state index in [1.165, 1.54) is 0 Å². The summed E-state index contributed by atoms with van der Waals surface area (Å²) < 4.78 is 26.9. The van der Waals surface area contributed by atoms with Crippen molar-refractivity contribution >= 4 is 21.7 Å². The van der Waals surface area contributed by atoms with Gasteiger partial charge < -0.3 is 0 Å². The van der Waals surface area contributed by atoms with Gasteiger partial charge in [-0.25, -0.2) is 8.78 Å². The Morgan fingerprint density at radius 3 is 2.64 bits per heavy atom. The van der Waals surface area contributed by atoms with Gasteiger partial charge in [0.15, 0.2) is 0 Å². The van der Waals surface area contributed by atoms with Crippen LogP contribution in [0.25, 0.3) is 0 Å². The lowest BCUT2D eigenvalue weighted by atomic mass is 9.90. The second kappa shape index (κ2) is 3.42. The van der Waals surface area contributed by atoms with Crippen molar-refractivity contribution in [1.82, 2.24) is 0 Å². The van der Waals surface area contributed by atoms with Gasteiger partial charge in [0, 0.05) is 18.4 Å². The lowest BCUT2D eigenvalue weighted by Gasteiger charge is -2.16. The zero-order chi connectivity index (χ0) is 10.3. The molecule has 1 aliphatic carbocycles. The summed E-state index contributed by atoms with van der Waals surface area (Å²) in [4.78, 5) is 11.1. The van der Waals surface area contributed by atoms with Crippen LogP contribution in [0, 0.1) is 11.6 Å². The molecular weight excluding hydrogens is 254 g/mol. The Labute approximate surface area is 88.2 Å². The van der Waals surface area contributed by atoms with Gasteiger partial charge in [-0.05, 0) is 34.0 Å². The Kier molecular flexibility index (Phi) is 2.39. The van der Waals surface area contributed by atoms with E-state index in [2.05, 4.69) is 15.9 Å².